The number of β-amino-alcohol motifs (C(OH)–C–C–N with tert-alkyl or cyclic N) is 1. The number of nitrogens with zero attached hydrogens (tertiary/aromatic N) is 4. The first-order valence-corrected chi connectivity index (χ1v) is 15.6. The van der Waals surface area contributed by atoms with Crippen LogP contribution in [0.5, 0.6) is 11.8 Å². The van der Waals surface area contributed by atoms with Gasteiger partial charge in [0.15, 0.2) is 5.82 Å². The van der Waals surface area contributed by atoms with Crippen LogP contribution in [0.15, 0.2) is 36.4 Å². The van der Waals surface area contributed by atoms with E-state index >= 15 is 4.39 Å². The average molecular weight is 623 g/mol. The standard InChI is InChI=1S/C34H37F3N4O4/c1-3-23-27(36)8-5-20-13-22(42)14-26(28(20)23)24-6-7-25-30(29(24)37)38-32(39-31(25)40-11-12-44-18-33(2,43)17-40)45-19-34-9-4-10-41(34)16-21(35)15-34/h5-8,13-14,21,42-43H,3-4,9-12,15-19H2,1-2H3/t21-,33+,34+/m1/s1. The van der Waals surface area contributed by atoms with Crippen LogP contribution in [-0.2, 0) is 11.2 Å². The first-order valence-electron chi connectivity index (χ1n) is 15.6. The Hall–Kier alpha value is -3.67. The molecule has 1 aromatic heterocycles. The molecule has 0 unspecified atom stereocenters. The second-order valence-corrected chi connectivity index (χ2v) is 13.0. The van der Waals surface area contributed by atoms with E-state index in [2.05, 4.69) is 9.88 Å². The molecule has 7 rings (SSSR count). The summed E-state index contributed by atoms with van der Waals surface area (Å²) in [5, 5.41) is 23.0. The minimum Gasteiger partial charge on any atom is -0.508 e. The lowest BCUT2D eigenvalue weighted by Crippen LogP contribution is -2.44. The lowest BCUT2D eigenvalue weighted by Gasteiger charge is -2.31. The zero-order chi connectivity index (χ0) is 31.5. The monoisotopic (exact) mass is 622 g/mol. The molecule has 45 heavy (non-hydrogen) atoms. The van der Waals surface area contributed by atoms with Gasteiger partial charge in [0.2, 0.25) is 0 Å². The fourth-order valence-corrected chi connectivity index (χ4v) is 7.53. The molecule has 3 fully saturated rings. The summed E-state index contributed by atoms with van der Waals surface area (Å²) in [6.07, 6.45) is 1.53. The molecular formula is C34H37F3N4O4. The molecule has 238 valence electrons. The number of fused-ring (bicyclic) bond motifs is 3. The quantitative estimate of drug-likeness (QED) is 0.290. The van der Waals surface area contributed by atoms with Crippen molar-refractivity contribution in [1.29, 1.82) is 0 Å². The van der Waals surface area contributed by atoms with Gasteiger partial charge < -0.3 is 24.6 Å². The number of alkyl halides is 1. The number of phenols is 1. The number of ether oxygens (including phenoxy) is 2. The summed E-state index contributed by atoms with van der Waals surface area (Å²) >= 11 is 0. The molecule has 2 N–H and O–H groups in total. The number of halogens is 3. The largest absolute Gasteiger partial charge is 0.508 e. The summed E-state index contributed by atoms with van der Waals surface area (Å²) in [6.45, 7) is 5.86. The molecule has 3 aliphatic rings. The third-order valence-electron chi connectivity index (χ3n) is 9.54. The highest BCUT2D eigenvalue weighted by molar-refractivity contribution is 6.03. The first kappa shape index (κ1) is 30.0. The molecule has 3 saturated heterocycles. The van der Waals surface area contributed by atoms with Crippen LogP contribution < -0.4 is 9.64 Å². The summed E-state index contributed by atoms with van der Waals surface area (Å²) in [5.74, 6) is -0.783. The SMILES string of the molecule is CCc1c(F)ccc2cc(O)cc(-c3ccc4c(N5CCOC[C@@](C)(O)C5)nc(OC[C@@]56CCCN5C[C@H](F)C6)nc4c3F)c12. The smallest absolute Gasteiger partial charge is 0.319 e. The molecule has 0 spiro atoms. The van der Waals surface area contributed by atoms with Gasteiger partial charge in [-0.2, -0.15) is 9.97 Å². The van der Waals surface area contributed by atoms with Crippen molar-refractivity contribution >= 4 is 27.5 Å². The van der Waals surface area contributed by atoms with Crippen LogP contribution >= 0.6 is 0 Å². The molecule has 3 aromatic carbocycles. The third-order valence-corrected chi connectivity index (χ3v) is 9.54. The van der Waals surface area contributed by atoms with E-state index in [1.54, 1.807) is 25.1 Å². The second-order valence-electron chi connectivity index (χ2n) is 13.0. The average Bonchev–Trinajstić information content (AvgIpc) is 3.46. The number of rotatable bonds is 6. The number of aromatic hydroxyl groups is 1. The van der Waals surface area contributed by atoms with Crippen molar-refractivity contribution < 1.29 is 32.9 Å². The Bertz CT molecular complexity index is 1790. The zero-order valence-corrected chi connectivity index (χ0v) is 25.5. The van der Waals surface area contributed by atoms with Gasteiger partial charge in [-0.25, -0.2) is 13.2 Å². The maximum atomic E-state index is 16.8. The van der Waals surface area contributed by atoms with E-state index in [4.69, 9.17) is 14.5 Å². The zero-order valence-electron chi connectivity index (χ0n) is 25.5. The highest BCUT2D eigenvalue weighted by Gasteiger charge is 2.49. The van der Waals surface area contributed by atoms with E-state index < -0.39 is 28.9 Å². The van der Waals surface area contributed by atoms with Gasteiger partial charge in [0.25, 0.3) is 0 Å². The summed E-state index contributed by atoms with van der Waals surface area (Å²) in [5.41, 5.74) is -0.753. The third kappa shape index (κ3) is 5.34. The Morgan fingerprint density at radius 3 is 2.78 bits per heavy atom. The molecule has 3 aliphatic heterocycles. The molecule has 0 saturated carbocycles. The number of hydrogen-bond acceptors (Lipinski definition) is 8. The Morgan fingerprint density at radius 2 is 1.96 bits per heavy atom. The maximum absolute atomic E-state index is 16.8. The molecule has 4 aromatic rings. The maximum Gasteiger partial charge on any atom is 0.319 e. The molecular weight excluding hydrogens is 585 g/mol. The summed E-state index contributed by atoms with van der Waals surface area (Å²) in [4.78, 5) is 13.2. The van der Waals surface area contributed by atoms with Gasteiger partial charge in [0.1, 0.15) is 41.3 Å². The number of hydrogen-bond donors (Lipinski definition) is 2. The van der Waals surface area contributed by atoms with E-state index in [1.165, 1.54) is 18.2 Å². The molecule has 0 aliphatic carbocycles. The first-order chi connectivity index (χ1) is 21.6. The molecule has 0 radical (unpaired) electrons. The van der Waals surface area contributed by atoms with E-state index in [9.17, 15) is 19.0 Å². The topological polar surface area (TPSA) is 91.2 Å². The van der Waals surface area contributed by atoms with Gasteiger partial charge in [-0.15, -0.1) is 0 Å². The minimum atomic E-state index is -1.18. The number of anilines is 1. The molecule has 8 nitrogen and oxygen atoms in total. The minimum absolute atomic E-state index is 0.0150. The van der Waals surface area contributed by atoms with Gasteiger partial charge in [-0.05, 0) is 78.9 Å². The number of aliphatic hydroxyl groups is 1. The second kappa shape index (κ2) is 11.3. The fraction of sp³-hybridized carbons (Fsp3) is 0.471. The van der Waals surface area contributed by atoms with Crippen LogP contribution in [0.2, 0.25) is 0 Å². The predicted molar refractivity (Wildman–Crippen MR) is 166 cm³/mol. The summed E-state index contributed by atoms with van der Waals surface area (Å²) in [6, 6.07) is 9.14. The highest BCUT2D eigenvalue weighted by atomic mass is 19.1. The van der Waals surface area contributed by atoms with Gasteiger partial charge in [-0.3, -0.25) is 4.90 Å². The van der Waals surface area contributed by atoms with Crippen molar-refractivity contribution in [3.63, 3.8) is 0 Å². The Kier molecular flexibility index (Phi) is 7.53. The van der Waals surface area contributed by atoms with Crippen LogP contribution in [0.3, 0.4) is 0 Å². The van der Waals surface area contributed by atoms with Gasteiger partial charge >= 0.3 is 6.01 Å². The van der Waals surface area contributed by atoms with Crippen LogP contribution in [0.4, 0.5) is 19.0 Å². The molecule has 0 amide bonds. The lowest BCUT2D eigenvalue weighted by atomic mass is 9.92. The summed E-state index contributed by atoms with van der Waals surface area (Å²) < 4.78 is 58.1. The van der Waals surface area contributed by atoms with Crippen molar-refractivity contribution in [1.82, 2.24) is 14.9 Å². The van der Waals surface area contributed by atoms with Crippen molar-refractivity contribution in [3.05, 3.63) is 53.6 Å². The van der Waals surface area contributed by atoms with Gasteiger partial charge in [0.05, 0.1) is 25.3 Å². The van der Waals surface area contributed by atoms with Crippen molar-refractivity contribution in [3.8, 4) is 22.9 Å². The Balaban J connectivity index is 1.39. The van der Waals surface area contributed by atoms with Crippen LogP contribution in [0.1, 0.15) is 38.7 Å². The van der Waals surface area contributed by atoms with Gasteiger partial charge in [-0.1, -0.05) is 19.1 Å². The van der Waals surface area contributed by atoms with E-state index in [0.29, 0.717) is 65.6 Å². The van der Waals surface area contributed by atoms with E-state index in [-0.39, 0.29) is 42.6 Å². The van der Waals surface area contributed by atoms with Crippen LogP contribution in [0.25, 0.3) is 32.8 Å². The highest BCUT2D eigenvalue weighted by Crippen LogP contribution is 2.42. The molecule has 4 heterocycles. The fourth-order valence-electron chi connectivity index (χ4n) is 7.53. The van der Waals surface area contributed by atoms with Crippen LogP contribution in [0, 0.1) is 11.6 Å². The molecule has 3 atom stereocenters. The van der Waals surface area contributed by atoms with Crippen molar-refractivity contribution in [2.75, 3.05) is 50.9 Å². The van der Waals surface area contributed by atoms with Gasteiger partial charge in [0, 0.05) is 30.5 Å². The summed E-state index contributed by atoms with van der Waals surface area (Å²) in [7, 11) is 0. The Labute approximate surface area is 259 Å². The molecule has 0 bridgehead atoms. The molecule has 11 heteroatoms. The number of aromatic nitrogens is 2. The number of benzene rings is 3. The Morgan fingerprint density at radius 1 is 1.11 bits per heavy atom. The number of phenolic OH excluding ortho intramolecular Hbond substituents is 1. The van der Waals surface area contributed by atoms with E-state index in [1.807, 2.05) is 11.8 Å². The van der Waals surface area contributed by atoms with Crippen molar-refractivity contribution in [2.45, 2.75) is 56.8 Å². The van der Waals surface area contributed by atoms with Crippen LogP contribution in [-0.4, -0.2) is 88.4 Å². The predicted octanol–water partition coefficient (Wildman–Crippen LogP) is 5.54. The van der Waals surface area contributed by atoms with E-state index in [0.717, 1.165) is 19.4 Å². The number of aryl methyl sites for hydroxylation is 1. The normalized spacial score (nSPS) is 25.6. The lowest BCUT2D eigenvalue weighted by molar-refractivity contribution is -0.0123. The van der Waals surface area contributed by atoms with Crippen molar-refractivity contribution in [2.24, 2.45) is 0 Å².